The highest BCUT2D eigenvalue weighted by Crippen LogP contribution is 2.33. The van der Waals surface area contributed by atoms with Crippen molar-refractivity contribution in [1.82, 2.24) is 4.90 Å². The van der Waals surface area contributed by atoms with Crippen molar-refractivity contribution in [2.45, 2.75) is 19.1 Å². The summed E-state index contributed by atoms with van der Waals surface area (Å²) in [6.45, 7) is 2.22. The van der Waals surface area contributed by atoms with Crippen LogP contribution in [-0.2, 0) is 12.7 Å². The van der Waals surface area contributed by atoms with Gasteiger partial charge in [0.05, 0.1) is 17.9 Å². The molecule has 3 aromatic carbocycles. The third kappa shape index (κ3) is 7.20. The molecule has 7 heteroatoms. The standard InChI is InChI=1S/C25H27F3N2O2/c1-30(2)16-5-17-31-21-12-8-19(9-13-21)18-29-23-6-3-4-7-24(23)32-22-14-10-20(11-15-22)25(26,27)28/h3-4,6-15,29H,5,16-18H2,1-2H3. The van der Waals surface area contributed by atoms with Gasteiger partial charge in [0.1, 0.15) is 11.5 Å². The second-order valence-electron chi connectivity index (χ2n) is 7.62. The van der Waals surface area contributed by atoms with E-state index in [-0.39, 0.29) is 0 Å². The lowest BCUT2D eigenvalue weighted by molar-refractivity contribution is -0.137. The summed E-state index contributed by atoms with van der Waals surface area (Å²) >= 11 is 0. The topological polar surface area (TPSA) is 33.7 Å². The molecule has 0 heterocycles. The Hall–Kier alpha value is -3.19. The first-order chi connectivity index (χ1) is 15.3. The van der Waals surface area contributed by atoms with Gasteiger partial charge in [0, 0.05) is 13.1 Å². The highest BCUT2D eigenvalue weighted by atomic mass is 19.4. The van der Waals surface area contributed by atoms with Crippen LogP contribution >= 0.6 is 0 Å². The van der Waals surface area contributed by atoms with Gasteiger partial charge in [0.25, 0.3) is 0 Å². The number of halogens is 3. The number of ether oxygens (including phenoxy) is 2. The maximum Gasteiger partial charge on any atom is 0.416 e. The van der Waals surface area contributed by atoms with Gasteiger partial charge in [0.15, 0.2) is 5.75 Å². The zero-order valence-corrected chi connectivity index (χ0v) is 18.2. The zero-order chi connectivity index (χ0) is 23.0. The monoisotopic (exact) mass is 444 g/mol. The molecule has 4 nitrogen and oxygen atoms in total. The van der Waals surface area contributed by atoms with E-state index in [2.05, 4.69) is 10.2 Å². The molecule has 0 bridgehead atoms. The van der Waals surface area contributed by atoms with Gasteiger partial charge in [-0.3, -0.25) is 0 Å². The van der Waals surface area contributed by atoms with Gasteiger partial charge < -0.3 is 19.7 Å². The molecule has 170 valence electrons. The van der Waals surface area contributed by atoms with Crippen LogP contribution in [0.5, 0.6) is 17.2 Å². The predicted molar refractivity (Wildman–Crippen MR) is 120 cm³/mol. The van der Waals surface area contributed by atoms with Gasteiger partial charge >= 0.3 is 6.18 Å². The molecule has 3 rings (SSSR count). The molecule has 0 aliphatic heterocycles. The molecule has 3 aromatic rings. The maximum atomic E-state index is 12.7. The van der Waals surface area contributed by atoms with E-state index >= 15 is 0 Å². The van der Waals surface area contributed by atoms with Crippen molar-refractivity contribution in [2.24, 2.45) is 0 Å². The van der Waals surface area contributed by atoms with Crippen LogP contribution in [0.25, 0.3) is 0 Å². The number of hydrogen-bond acceptors (Lipinski definition) is 4. The number of nitrogens with one attached hydrogen (secondary N) is 1. The highest BCUT2D eigenvalue weighted by molar-refractivity contribution is 5.57. The molecular formula is C25H27F3N2O2. The predicted octanol–water partition coefficient (Wildman–Crippen LogP) is 6.44. The van der Waals surface area contributed by atoms with E-state index in [0.717, 1.165) is 42.1 Å². The number of para-hydroxylation sites is 2. The van der Waals surface area contributed by atoms with Gasteiger partial charge in [-0.2, -0.15) is 13.2 Å². The van der Waals surface area contributed by atoms with Crippen LogP contribution in [0.4, 0.5) is 18.9 Å². The van der Waals surface area contributed by atoms with Gasteiger partial charge in [-0.1, -0.05) is 24.3 Å². The Kier molecular flexibility index (Phi) is 8.00. The van der Waals surface area contributed by atoms with E-state index in [9.17, 15) is 13.2 Å². The molecule has 0 amide bonds. The molecule has 0 fully saturated rings. The lowest BCUT2D eigenvalue weighted by Gasteiger charge is -2.14. The Morgan fingerprint density at radius 3 is 2.16 bits per heavy atom. The van der Waals surface area contributed by atoms with Crippen LogP contribution in [0, 0.1) is 0 Å². The average molecular weight is 444 g/mol. The molecule has 0 unspecified atom stereocenters. The molecule has 0 atom stereocenters. The number of benzene rings is 3. The molecule has 0 saturated heterocycles. The highest BCUT2D eigenvalue weighted by Gasteiger charge is 2.30. The fourth-order valence-corrected chi connectivity index (χ4v) is 3.01. The first-order valence-electron chi connectivity index (χ1n) is 10.4. The number of hydrogen-bond donors (Lipinski definition) is 1. The number of nitrogens with zero attached hydrogens (tertiary/aromatic N) is 1. The fraction of sp³-hybridized carbons (Fsp3) is 0.280. The Labute approximate surface area is 186 Å². The summed E-state index contributed by atoms with van der Waals surface area (Å²) in [6.07, 6.45) is -3.41. The zero-order valence-electron chi connectivity index (χ0n) is 18.2. The number of alkyl halides is 3. The van der Waals surface area contributed by atoms with Gasteiger partial charge in [-0.25, -0.2) is 0 Å². The molecule has 0 aliphatic rings. The third-order valence-electron chi connectivity index (χ3n) is 4.72. The molecule has 0 aliphatic carbocycles. The van der Waals surface area contributed by atoms with Crippen LogP contribution in [0.1, 0.15) is 17.5 Å². The molecule has 32 heavy (non-hydrogen) atoms. The Morgan fingerprint density at radius 1 is 0.844 bits per heavy atom. The van der Waals surface area contributed by atoms with Gasteiger partial charge in [-0.15, -0.1) is 0 Å². The van der Waals surface area contributed by atoms with Crippen LogP contribution in [0.2, 0.25) is 0 Å². The summed E-state index contributed by atoms with van der Waals surface area (Å²) in [6, 6.07) is 19.8. The first kappa shape index (κ1) is 23.5. The minimum Gasteiger partial charge on any atom is -0.494 e. The molecule has 0 spiro atoms. The van der Waals surface area contributed by atoms with Crippen molar-refractivity contribution in [2.75, 3.05) is 32.6 Å². The molecule has 1 N–H and O–H groups in total. The Bertz CT molecular complexity index is 972. The maximum absolute atomic E-state index is 12.7. The Morgan fingerprint density at radius 2 is 1.50 bits per heavy atom. The van der Waals surface area contributed by atoms with E-state index in [1.807, 2.05) is 56.6 Å². The second kappa shape index (κ2) is 10.9. The van der Waals surface area contributed by atoms with Crippen LogP contribution in [0.3, 0.4) is 0 Å². The summed E-state index contributed by atoms with van der Waals surface area (Å²) in [5.41, 5.74) is 1.10. The quantitative estimate of drug-likeness (QED) is 0.365. The average Bonchev–Trinajstić information content (AvgIpc) is 2.76. The summed E-state index contributed by atoms with van der Waals surface area (Å²) in [5.74, 6) is 1.70. The van der Waals surface area contributed by atoms with Crippen LogP contribution in [-0.4, -0.2) is 32.1 Å². The smallest absolute Gasteiger partial charge is 0.416 e. The van der Waals surface area contributed by atoms with Crippen molar-refractivity contribution < 1.29 is 22.6 Å². The van der Waals surface area contributed by atoms with E-state index in [4.69, 9.17) is 9.47 Å². The van der Waals surface area contributed by atoms with Crippen molar-refractivity contribution >= 4 is 5.69 Å². The molecule has 0 saturated carbocycles. The van der Waals surface area contributed by atoms with E-state index < -0.39 is 11.7 Å². The summed E-state index contributed by atoms with van der Waals surface area (Å²) in [5, 5.41) is 3.32. The van der Waals surface area contributed by atoms with Gasteiger partial charge in [0.2, 0.25) is 0 Å². The third-order valence-corrected chi connectivity index (χ3v) is 4.72. The van der Waals surface area contributed by atoms with Crippen molar-refractivity contribution in [3.8, 4) is 17.2 Å². The van der Waals surface area contributed by atoms with E-state index in [1.165, 1.54) is 12.1 Å². The van der Waals surface area contributed by atoms with E-state index in [0.29, 0.717) is 24.7 Å². The van der Waals surface area contributed by atoms with E-state index in [1.54, 1.807) is 6.07 Å². The summed E-state index contributed by atoms with van der Waals surface area (Å²) < 4.78 is 49.8. The van der Waals surface area contributed by atoms with Crippen LogP contribution in [0.15, 0.2) is 72.8 Å². The number of anilines is 1. The normalized spacial score (nSPS) is 11.4. The summed E-state index contributed by atoms with van der Waals surface area (Å²) in [4.78, 5) is 2.12. The van der Waals surface area contributed by atoms with Crippen molar-refractivity contribution in [1.29, 1.82) is 0 Å². The lowest BCUT2D eigenvalue weighted by Crippen LogP contribution is -2.15. The van der Waals surface area contributed by atoms with Crippen molar-refractivity contribution in [3.05, 3.63) is 83.9 Å². The number of rotatable bonds is 10. The van der Waals surface area contributed by atoms with Gasteiger partial charge in [-0.05, 0) is 74.6 Å². The molecule has 0 aromatic heterocycles. The lowest BCUT2D eigenvalue weighted by atomic mass is 10.2. The second-order valence-corrected chi connectivity index (χ2v) is 7.62. The first-order valence-corrected chi connectivity index (χ1v) is 10.4. The largest absolute Gasteiger partial charge is 0.494 e. The summed E-state index contributed by atoms with van der Waals surface area (Å²) in [7, 11) is 4.07. The fourth-order valence-electron chi connectivity index (χ4n) is 3.01. The molecule has 0 radical (unpaired) electrons. The minimum atomic E-state index is -4.37. The SMILES string of the molecule is CN(C)CCCOc1ccc(CNc2ccccc2Oc2ccc(C(F)(F)F)cc2)cc1. The minimum absolute atomic E-state index is 0.336. The Balaban J connectivity index is 1.56. The van der Waals surface area contributed by atoms with Crippen molar-refractivity contribution in [3.63, 3.8) is 0 Å². The molecular weight excluding hydrogens is 417 g/mol. The van der Waals surface area contributed by atoms with Crippen LogP contribution < -0.4 is 14.8 Å².